The van der Waals surface area contributed by atoms with Gasteiger partial charge in [0.1, 0.15) is 5.75 Å². The maximum absolute atomic E-state index is 12.5. The van der Waals surface area contributed by atoms with Crippen LogP contribution in [-0.4, -0.2) is 61.4 Å². The van der Waals surface area contributed by atoms with Crippen LogP contribution in [0.25, 0.3) is 0 Å². The molecule has 1 aliphatic heterocycles. The van der Waals surface area contributed by atoms with Crippen LogP contribution in [0.1, 0.15) is 27.9 Å². The SMILES string of the molecule is COc1ccccc1CN1CCN(C(=O)CCNC(=O)c2ccccc2C)CC1. The number of nitrogens with zero attached hydrogens (tertiary/aromatic N) is 2. The van der Waals surface area contributed by atoms with Gasteiger partial charge in [0.2, 0.25) is 5.91 Å². The molecule has 1 N–H and O–H groups in total. The topological polar surface area (TPSA) is 61.9 Å². The molecule has 154 valence electrons. The summed E-state index contributed by atoms with van der Waals surface area (Å²) in [5, 5.41) is 2.85. The van der Waals surface area contributed by atoms with Gasteiger partial charge >= 0.3 is 0 Å². The van der Waals surface area contributed by atoms with E-state index in [-0.39, 0.29) is 11.8 Å². The zero-order valence-corrected chi connectivity index (χ0v) is 17.2. The number of benzene rings is 2. The molecular weight excluding hydrogens is 366 g/mol. The minimum atomic E-state index is -0.127. The first-order valence-corrected chi connectivity index (χ1v) is 10.0. The second-order valence-electron chi connectivity index (χ2n) is 7.29. The average molecular weight is 396 g/mol. The fraction of sp³-hybridized carbons (Fsp3) is 0.391. The highest BCUT2D eigenvalue weighted by Crippen LogP contribution is 2.20. The normalized spacial score (nSPS) is 14.5. The molecule has 2 amide bonds. The Balaban J connectivity index is 1.41. The monoisotopic (exact) mass is 395 g/mol. The summed E-state index contributed by atoms with van der Waals surface area (Å²) in [6, 6.07) is 15.5. The van der Waals surface area contributed by atoms with Crippen molar-refractivity contribution in [2.75, 3.05) is 39.8 Å². The molecule has 1 aliphatic rings. The average Bonchev–Trinajstić information content (AvgIpc) is 2.75. The molecule has 0 radical (unpaired) electrons. The van der Waals surface area contributed by atoms with E-state index in [1.54, 1.807) is 13.2 Å². The van der Waals surface area contributed by atoms with Gasteiger partial charge in [0.15, 0.2) is 0 Å². The van der Waals surface area contributed by atoms with E-state index < -0.39 is 0 Å². The predicted octanol–water partition coefficient (Wildman–Crippen LogP) is 2.47. The molecule has 29 heavy (non-hydrogen) atoms. The van der Waals surface area contributed by atoms with Gasteiger partial charge in [-0.25, -0.2) is 0 Å². The molecule has 6 heteroatoms. The van der Waals surface area contributed by atoms with Gasteiger partial charge in [-0.15, -0.1) is 0 Å². The van der Waals surface area contributed by atoms with Crippen molar-refractivity contribution in [3.8, 4) is 5.75 Å². The number of nitrogens with one attached hydrogen (secondary N) is 1. The molecular formula is C23H29N3O3. The molecule has 6 nitrogen and oxygen atoms in total. The quantitative estimate of drug-likeness (QED) is 0.782. The Bertz CT molecular complexity index is 845. The third kappa shape index (κ3) is 5.57. The summed E-state index contributed by atoms with van der Waals surface area (Å²) in [4.78, 5) is 28.9. The van der Waals surface area contributed by atoms with E-state index in [0.717, 1.165) is 36.5 Å². The fourth-order valence-corrected chi connectivity index (χ4v) is 3.59. The second kappa shape index (κ2) is 10.1. The minimum Gasteiger partial charge on any atom is -0.496 e. The highest BCUT2D eigenvalue weighted by molar-refractivity contribution is 5.95. The van der Waals surface area contributed by atoms with Crippen LogP contribution in [0.5, 0.6) is 5.75 Å². The van der Waals surface area contributed by atoms with Crippen LogP contribution in [0.15, 0.2) is 48.5 Å². The molecule has 0 aliphatic carbocycles. The number of piperazine rings is 1. The van der Waals surface area contributed by atoms with E-state index in [1.165, 1.54) is 0 Å². The van der Waals surface area contributed by atoms with E-state index in [0.29, 0.717) is 31.6 Å². The zero-order valence-electron chi connectivity index (χ0n) is 17.2. The summed E-state index contributed by atoms with van der Waals surface area (Å²) in [6.07, 6.45) is 0.324. The van der Waals surface area contributed by atoms with Gasteiger partial charge in [0.25, 0.3) is 5.91 Å². The number of rotatable bonds is 7. The molecule has 1 heterocycles. The minimum absolute atomic E-state index is 0.0898. The summed E-state index contributed by atoms with van der Waals surface area (Å²) < 4.78 is 5.42. The van der Waals surface area contributed by atoms with Crippen molar-refractivity contribution in [2.45, 2.75) is 19.9 Å². The number of carbonyl (C=O) groups is 2. The first kappa shape index (κ1) is 20.9. The molecule has 0 spiro atoms. The lowest BCUT2D eigenvalue weighted by Gasteiger charge is -2.35. The van der Waals surface area contributed by atoms with Crippen molar-refractivity contribution < 1.29 is 14.3 Å². The summed E-state index contributed by atoms with van der Waals surface area (Å²) in [5.41, 5.74) is 2.75. The molecule has 0 aromatic heterocycles. The van der Waals surface area contributed by atoms with Crippen molar-refractivity contribution >= 4 is 11.8 Å². The van der Waals surface area contributed by atoms with Crippen LogP contribution in [0.4, 0.5) is 0 Å². The van der Waals surface area contributed by atoms with Gasteiger partial charge in [-0.3, -0.25) is 14.5 Å². The Hall–Kier alpha value is -2.86. The third-order valence-corrected chi connectivity index (χ3v) is 5.33. The van der Waals surface area contributed by atoms with Crippen LogP contribution in [0, 0.1) is 6.92 Å². The number of ether oxygens (including phenoxy) is 1. The van der Waals surface area contributed by atoms with Crippen LogP contribution in [-0.2, 0) is 11.3 Å². The second-order valence-corrected chi connectivity index (χ2v) is 7.29. The van der Waals surface area contributed by atoms with Gasteiger partial charge in [-0.2, -0.15) is 0 Å². The number of hydrogen-bond donors (Lipinski definition) is 1. The molecule has 3 rings (SSSR count). The number of hydrogen-bond acceptors (Lipinski definition) is 4. The maximum Gasteiger partial charge on any atom is 0.251 e. The van der Waals surface area contributed by atoms with Crippen molar-refractivity contribution in [3.63, 3.8) is 0 Å². The van der Waals surface area contributed by atoms with Crippen LogP contribution >= 0.6 is 0 Å². The van der Waals surface area contributed by atoms with E-state index in [1.807, 2.05) is 48.2 Å². The van der Waals surface area contributed by atoms with Crippen molar-refractivity contribution in [2.24, 2.45) is 0 Å². The van der Waals surface area contributed by atoms with E-state index >= 15 is 0 Å². The Kier molecular flexibility index (Phi) is 7.25. The van der Waals surface area contributed by atoms with E-state index in [9.17, 15) is 9.59 Å². The van der Waals surface area contributed by atoms with E-state index in [4.69, 9.17) is 4.74 Å². The van der Waals surface area contributed by atoms with Gasteiger partial charge < -0.3 is 15.0 Å². The highest BCUT2D eigenvalue weighted by Gasteiger charge is 2.21. The molecule has 0 atom stereocenters. The zero-order chi connectivity index (χ0) is 20.6. The van der Waals surface area contributed by atoms with Crippen molar-refractivity contribution in [1.29, 1.82) is 0 Å². The summed E-state index contributed by atoms with van der Waals surface area (Å²) in [5.74, 6) is 0.861. The Labute approximate surface area is 172 Å². The third-order valence-electron chi connectivity index (χ3n) is 5.33. The number of aryl methyl sites for hydroxylation is 1. The van der Waals surface area contributed by atoms with Crippen LogP contribution < -0.4 is 10.1 Å². The standard InChI is InChI=1S/C23H29N3O3/c1-18-7-3-5-9-20(18)23(28)24-12-11-22(27)26-15-13-25(14-16-26)17-19-8-4-6-10-21(19)29-2/h3-10H,11-17H2,1-2H3,(H,24,28). The molecule has 2 aromatic rings. The van der Waals surface area contributed by atoms with Gasteiger partial charge in [0.05, 0.1) is 7.11 Å². The first-order chi connectivity index (χ1) is 14.1. The van der Waals surface area contributed by atoms with Gasteiger partial charge in [-0.05, 0) is 24.6 Å². The lowest BCUT2D eigenvalue weighted by atomic mass is 10.1. The lowest BCUT2D eigenvalue weighted by molar-refractivity contribution is -0.132. The molecule has 0 saturated carbocycles. The fourth-order valence-electron chi connectivity index (χ4n) is 3.59. The number of para-hydroxylation sites is 1. The largest absolute Gasteiger partial charge is 0.496 e. The smallest absolute Gasteiger partial charge is 0.251 e. The molecule has 0 bridgehead atoms. The van der Waals surface area contributed by atoms with E-state index in [2.05, 4.69) is 16.3 Å². The predicted molar refractivity (Wildman–Crippen MR) is 113 cm³/mol. The van der Waals surface area contributed by atoms with Crippen LogP contribution in [0.2, 0.25) is 0 Å². The van der Waals surface area contributed by atoms with Gasteiger partial charge in [0, 0.05) is 56.8 Å². The number of carbonyl (C=O) groups excluding carboxylic acids is 2. The Morgan fingerprint density at radius 2 is 1.69 bits per heavy atom. The molecule has 1 fully saturated rings. The number of methoxy groups -OCH3 is 1. The molecule has 2 aromatic carbocycles. The van der Waals surface area contributed by atoms with Crippen molar-refractivity contribution in [3.05, 3.63) is 65.2 Å². The molecule has 1 saturated heterocycles. The molecule has 0 unspecified atom stereocenters. The Morgan fingerprint density at radius 3 is 2.41 bits per heavy atom. The summed E-state index contributed by atoms with van der Waals surface area (Å²) in [6.45, 7) is 6.16. The Morgan fingerprint density at radius 1 is 1.00 bits per heavy atom. The highest BCUT2D eigenvalue weighted by atomic mass is 16.5. The summed E-state index contributed by atoms with van der Waals surface area (Å²) in [7, 11) is 1.69. The lowest BCUT2D eigenvalue weighted by Crippen LogP contribution is -2.48. The maximum atomic E-state index is 12.5. The summed E-state index contributed by atoms with van der Waals surface area (Å²) >= 11 is 0. The van der Waals surface area contributed by atoms with Crippen molar-refractivity contribution in [1.82, 2.24) is 15.1 Å². The van der Waals surface area contributed by atoms with Gasteiger partial charge in [-0.1, -0.05) is 36.4 Å². The number of amides is 2. The first-order valence-electron chi connectivity index (χ1n) is 10.0. The van der Waals surface area contributed by atoms with Crippen LogP contribution in [0.3, 0.4) is 0 Å².